The topological polar surface area (TPSA) is 59.0 Å². The van der Waals surface area contributed by atoms with Crippen molar-refractivity contribution in [1.82, 2.24) is 15.1 Å². The molecule has 1 aliphatic rings. The number of nitrogens with zero attached hydrogens (tertiary/aromatic N) is 2. The molecule has 1 aliphatic heterocycles. The van der Waals surface area contributed by atoms with E-state index in [1.54, 1.807) is 4.68 Å². The van der Waals surface area contributed by atoms with Gasteiger partial charge in [0.2, 0.25) is 5.91 Å². The summed E-state index contributed by atoms with van der Waals surface area (Å²) >= 11 is 0. The van der Waals surface area contributed by atoms with E-state index >= 15 is 0 Å². The Kier molecular flexibility index (Phi) is 3.75. The van der Waals surface area contributed by atoms with Gasteiger partial charge in [-0.2, -0.15) is 5.10 Å². The number of aromatic nitrogens is 2. The zero-order chi connectivity index (χ0) is 14.8. The number of nitrogens with one attached hydrogen (secondary N) is 2. The van der Waals surface area contributed by atoms with Crippen molar-refractivity contribution in [2.24, 2.45) is 0 Å². The summed E-state index contributed by atoms with van der Waals surface area (Å²) in [6.45, 7) is 5.95. The largest absolute Gasteiger partial charge is 0.324 e. The summed E-state index contributed by atoms with van der Waals surface area (Å²) in [6, 6.07) is 8.07. The van der Waals surface area contributed by atoms with Gasteiger partial charge in [0.25, 0.3) is 0 Å². The summed E-state index contributed by atoms with van der Waals surface area (Å²) in [5.41, 5.74) is 5.36. The van der Waals surface area contributed by atoms with Crippen molar-refractivity contribution in [1.29, 1.82) is 0 Å². The molecular weight excluding hydrogens is 264 g/mol. The molecule has 0 saturated carbocycles. The van der Waals surface area contributed by atoms with E-state index in [-0.39, 0.29) is 12.5 Å². The molecule has 1 aromatic carbocycles. The fourth-order valence-electron chi connectivity index (χ4n) is 2.79. The van der Waals surface area contributed by atoms with Crippen LogP contribution in [-0.2, 0) is 24.3 Å². The predicted octanol–water partition coefficient (Wildman–Crippen LogP) is 1.78. The lowest BCUT2D eigenvalue weighted by molar-refractivity contribution is -0.116. The summed E-state index contributed by atoms with van der Waals surface area (Å²) < 4.78 is 1.73. The zero-order valence-electron chi connectivity index (χ0n) is 12.4. The van der Waals surface area contributed by atoms with Gasteiger partial charge in [-0.05, 0) is 50.1 Å². The predicted molar refractivity (Wildman–Crippen MR) is 82.2 cm³/mol. The Balaban J connectivity index is 1.75. The van der Waals surface area contributed by atoms with Crippen molar-refractivity contribution in [2.45, 2.75) is 33.4 Å². The summed E-state index contributed by atoms with van der Waals surface area (Å²) in [4.78, 5) is 12.2. The van der Waals surface area contributed by atoms with Gasteiger partial charge in [-0.25, -0.2) is 0 Å². The number of hydrogen-bond donors (Lipinski definition) is 2. The first kappa shape index (κ1) is 13.8. The second-order valence-electron chi connectivity index (χ2n) is 5.50. The second kappa shape index (κ2) is 5.69. The number of anilines is 1. The van der Waals surface area contributed by atoms with Gasteiger partial charge in [0.15, 0.2) is 0 Å². The van der Waals surface area contributed by atoms with Crippen molar-refractivity contribution in [2.75, 3.05) is 11.9 Å². The SMILES string of the molecule is Cc1cc(C)n(CC(=O)Nc2cccc3c2CNCC3)n1. The highest BCUT2D eigenvalue weighted by Crippen LogP contribution is 2.22. The third-order valence-electron chi connectivity index (χ3n) is 3.82. The number of rotatable bonds is 3. The monoisotopic (exact) mass is 284 g/mol. The van der Waals surface area contributed by atoms with Crippen LogP contribution >= 0.6 is 0 Å². The van der Waals surface area contributed by atoms with Gasteiger partial charge in [-0.1, -0.05) is 12.1 Å². The lowest BCUT2D eigenvalue weighted by Crippen LogP contribution is -2.26. The van der Waals surface area contributed by atoms with Crippen LogP contribution in [0, 0.1) is 13.8 Å². The Morgan fingerprint density at radius 3 is 3.05 bits per heavy atom. The highest BCUT2D eigenvalue weighted by Gasteiger charge is 2.14. The molecule has 0 saturated heterocycles. The molecule has 0 radical (unpaired) electrons. The minimum atomic E-state index is -0.0415. The van der Waals surface area contributed by atoms with Gasteiger partial charge < -0.3 is 10.6 Å². The Bertz CT molecular complexity index is 675. The molecule has 3 rings (SSSR count). The lowest BCUT2D eigenvalue weighted by Gasteiger charge is -2.20. The first-order valence-electron chi connectivity index (χ1n) is 7.26. The normalized spacial score (nSPS) is 13.8. The minimum Gasteiger partial charge on any atom is -0.324 e. The maximum absolute atomic E-state index is 12.2. The summed E-state index contributed by atoms with van der Waals surface area (Å²) in [7, 11) is 0. The summed E-state index contributed by atoms with van der Waals surface area (Å²) in [5, 5.41) is 10.7. The Morgan fingerprint density at radius 2 is 2.29 bits per heavy atom. The van der Waals surface area contributed by atoms with Crippen LogP contribution in [0.25, 0.3) is 0 Å². The van der Waals surface area contributed by atoms with Crippen LogP contribution in [0.4, 0.5) is 5.69 Å². The average Bonchev–Trinajstić information content (AvgIpc) is 2.77. The summed E-state index contributed by atoms with van der Waals surface area (Å²) in [5.74, 6) is -0.0415. The van der Waals surface area contributed by atoms with Crippen LogP contribution in [0.3, 0.4) is 0 Å². The first-order valence-corrected chi connectivity index (χ1v) is 7.26. The number of aryl methyl sites for hydroxylation is 2. The molecule has 2 aromatic rings. The van der Waals surface area contributed by atoms with Gasteiger partial charge in [-0.3, -0.25) is 9.48 Å². The van der Waals surface area contributed by atoms with Crippen LogP contribution in [0.2, 0.25) is 0 Å². The smallest absolute Gasteiger partial charge is 0.246 e. The molecule has 2 N–H and O–H groups in total. The van der Waals surface area contributed by atoms with E-state index < -0.39 is 0 Å². The number of carbonyl (C=O) groups excluding carboxylic acids is 1. The van der Waals surface area contributed by atoms with Crippen LogP contribution < -0.4 is 10.6 Å². The lowest BCUT2D eigenvalue weighted by atomic mass is 9.99. The van der Waals surface area contributed by atoms with Gasteiger partial charge in [0.1, 0.15) is 6.54 Å². The molecule has 5 heteroatoms. The fraction of sp³-hybridized carbons (Fsp3) is 0.375. The van der Waals surface area contributed by atoms with E-state index in [0.717, 1.165) is 36.6 Å². The van der Waals surface area contributed by atoms with Crippen molar-refractivity contribution < 1.29 is 4.79 Å². The van der Waals surface area contributed by atoms with Crippen molar-refractivity contribution in [3.8, 4) is 0 Å². The molecule has 0 bridgehead atoms. The third kappa shape index (κ3) is 2.97. The molecule has 110 valence electrons. The number of hydrogen-bond acceptors (Lipinski definition) is 3. The van der Waals surface area contributed by atoms with Crippen LogP contribution in [0.15, 0.2) is 24.3 Å². The average molecular weight is 284 g/mol. The minimum absolute atomic E-state index is 0.0415. The maximum atomic E-state index is 12.2. The molecule has 21 heavy (non-hydrogen) atoms. The molecule has 0 unspecified atom stereocenters. The number of fused-ring (bicyclic) bond motifs is 1. The first-order chi connectivity index (χ1) is 10.1. The molecule has 2 heterocycles. The molecule has 0 aliphatic carbocycles. The highest BCUT2D eigenvalue weighted by molar-refractivity contribution is 5.91. The summed E-state index contributed by atoms with van der Waals surface area (Å²) in [6.07, 6.45) is 1.01. The van der Waals surface area contributed by atoms with E-state index in [2.05, 4.69) is 21.8 Å². The molecule has 1 amide bonds. The third-order valence-corrected chi connectivity index (χ3v) is 3.82. The Hall–Kier alpha value is -2.14. The number of amides is 1. The van der Waals surface area contributed by atoms with E-state index in [9.17, 15) is 4.79 Å². The quantitative estimate of drug-likeness (QED) is 0.903. The second-order valence-corrected chi connectivity index (χ2v) is 5.50. The fourth-order valence-corrected chi connectivity index (χ4v) is 2.79. The van der Waals surface area contributed by atoms with Crippen molar-refractivity contribution in [3.05, 3.63) is 46.8 Å². The number of benzene rings is 1. The van der Waals surface area contributed by atoms with E-state index in [1.807, 2.05) is 32.0 Å². The molecular formula is C16H20N4O. The van der Waals surface area contributed by atoms with Crippen LogP contribution in [0.1, 0.15) is 22.5 Å². The van der Waals surface area contributed by atoms with Gasteiger partial charge in [-0.15, -0.1) is 0 Å². The van der Waals surface area contributed by atoms with Crippen molar-refractivity contribution >= 4 is 11.6 Å². The molecule has 0 spiro atoms. The van der Waals surface area contributed by atoms with E-state index in [0.29, 0.717) is 0 Å². The molecule has 0 fully saturated rings. The van der Waals surface area contributed by atoms with E-state index in [4.69, 9.17) is 0 Å². The maximum Gasteiger partial charge on any atom is 0.246 e. The highest BCUT2D eigenvalue weighted by atomic mass is 16.2. The Labute approximate surface area is 124 Å². The van der Waals surface area contributed by atoms with E-state index in [1.165, 1.54) is 11.1 Å². The van der Waals surface area contributed by atoms with Gasteiger partial charge in [0, 0.05) is 17.9 Å². The van der Waals surface area contributed by atoms with Gasteiger partial charge in [0.05, 0.1) is 5.69 Å². The molecule has 1 aromatic heterocycles. The Morgan fingerprint density at radius 1 is 1.43 bits per heavy atom. The van der Waals surface area contributed by atoms with Crippen LogP contribution in [0.5, 0.6) is 0 Å². The molecule has 5 nitrogen and oxygen atoms in total. The van der Waals surface area contributed by atoms with Crippen LogP contribution in [-0.4, -0.2) is 22.2 Å². The number of carbonyl (C=O) groups is 1. The standard InChI is InChI=1S/C16H20N4O/c1-11-8-12(2)20(19-11)10-16(21)18-15-5-3-4-13-6-7-17-9-14(13)15/h3-5,8,17H,6-7,9-10H2,1-2H3,(H,18,21). The molecule has 0 atom stereocenters. The zero-order valence-corrected chi connectivity index (χ0v) is 12.4. The van der Waals surface area contributed by atoms with Gasteiger partial charge >= 0.3 is 0 Å². The van der Waals surface area contributed by atoms with Crippen molar-refractivity contribution in [3.63, 3.8) is 0 Å².